The van der Waals surface area contributed by atoms with Gasteiger partial charge in [0.25, 0.3) is 0 Å². The number of hydrogen-bond acceptors (Lipinski definition) is 7. The van der Waals surface area contributed by atoms with Gasteiger partial charge in [-0.3, -0.25) is 9.80 Å². The molecule has 0 bridgehead atoms. The molecule has 0 spiro atoms. The minimum absolute atomic E-state index is 0.00956. The number of halogens is 3. The highest BCUT2D eigenvalue weighted by atomic mass is 35.5. The first kappa shape index (κ1) is 28.5. The van der Waals surface area contributed by atoms with E-state index in [0.29, 0.717) is 12.3 Å². The van der Waals surface area contributed by atoms with E-state index >= 15 is 0 Å². The van der Waals surface area contributed by atoms with Crippen LogP contribution < -0.4 is 15.0 Å². The van der Waals surface area contributed by atoms with E-state index in [0.717, 1.165) is 50.6 Å². The summed E-state index contributed by atoms with van der Waals surface area (Å²) in [7, 11) is 0. The van der Waals surface area contributed by atoms with Gasteiger partial charge in [0.1, 0.15) is 18.2 Å². The lowest BCUT2D eigenvalue weighted by Crippen LogP contribution is -2.47. The van der Waals surface area contributed by atoms with Crippen molar-refractivity contribution >= 4 is 35.1 Å². The Balaban J connectivity index is 1.35. The van der Waals surface area contributed by atoms with Crippen molar-refractivity contribution in [3.05, 3.63) is 70.9 Å². The van der Waals surface area contributed by atoms with Crippen LogP contribution in [0.3, 0.4) is 0 Å². The molecule has 39 heavy (non-hydrogen) atoms. The van der Waals surface area contributed by atoms with E-state index in [9.17, 15) is 18.7 Å². The predicted octanol–water partition coefficient (Wildman–Crippen LogP) is 5.24. The third-order valence-electron chi connectivity index (χ3n) is 6.34. The van der Waals surface area contributed by atoms with Gasteiger partial charge in [0.2, 0.25) is 5.95 Å². The van der Waals surface area contributed by atoms with E-state index in [1.165, 1.54) is 42.6 Å². The summed E-state index contributed by atoms with van der Waals surface area (Å²) >= 11 is 5.93. The topological polar surface area (TPSA) is 94.1 Å². The van der Waals surface area contributed by atoms with Crippen molar-refractivity contribution in [3.63, 3.8) is 0 Å². The first-order valence-electron chi connectivity index (χ1n) is 12.7. The average molecular weight is 561 g/mol. The molecule has 1 aliphatic heterocycles. The van der Waals surface area contributed by atoms with Gasteiger partial charge in [0.05, 0.1) is 6.54 Å². The van der Waals surface area contributed by atoms with Crippen LogP contribution in [-0.4, -0.2) is 76.8 Å². The number of carbonyl (C=O) groups is 1. The molecule has 2 heterocycles. The predicted molar refractivity (Wildman–Crippen MR) is 146 cm³/mol. The van der Waals surface area contributed by atoms with Crippen molar-refractivity contribution in [2.24, 2.45) is 0 Å². The summed E-state index contributed by atoms with van der Waals surface area (Å²) in [6.07, 6.45) is 1.16. The second kappa shape index (κ2) is 13.5. The maximum absolute atomic E-state index is 14.7. The maximum Gasteiger partial charge on any atom is 0.413 e. The van der Waals surface area contributed by atoms with Crippen LogP contribution in [0.25, 0.3) is 0 Å². The standard InChI is InChI=1S/C27H31ClF2N6O3/c1-2-9-34-10-12-35(13-11-34)14-15-39-24-6-4-21(17-23(24)30)32-26-31-8-7-25(33-26)36(27(37)38)18-19-16-20(28)3-5-22(19)29/h3-8,16-17H,2,9-15,18H2,1H3,(H,37,38)(H,31,32,33). The minimum Gasteiger partial charge on any atom is -0.489 e. The molecule has 12 heteroatoms. The van der Waals surface area contributed by atoms with E-state index in [4.69, 9.17) is 16.3 Å². The lowest BCUT2D eigenvalue weighted by atomic mass is 10.2. The molecular weight excluding hydrogens is 530 g/mol. The number of carboxylic acid groups (broad SMARTS) is 1. The fourth-order valence-corrected chi connectivity index (χ4v) is 4.50. The fraction of sp³-hybridized carbons (Fsp3) is 0.370. The quantitative estimate of drug-likeness (QED) is 0.329. The molecule has 208 valence electrons. The van der Waals surface area contributed by atoms with E-state index < -0.39 is 17.7 Å². The molecule has 1 fully saturated rings. The lowest BCUT2D eigenvalue weighted by molar-refractivity contribution is 0.116. The fourth-order valence-electron chi connectivity index (χ4n) is 4.30. The summed E-state index contributed by atoms with van der Waals surface area (Å²) in [6.45, 7) is 8.10. The Morgan fingerprint density at radius 2 is 1.82 bits per heavy atom. The van der Waals surface area contributed by atoms with Crippen LogP contribution in [0, 0.1) is 11.6 Å². The van der Waals surface area contributed by atoms with E-state index in [1.807, 2.05) is 0 Å². The number of benzene rings is 2. The van der Waals surface area contributed by atoms with Gasteiger partial charge in [-0.1, -0.05) is 18.5 Å². The first-order chi connectivity index (χ1) is 18.8. The Morgan fingerprint density at radius 3 is 2.51 bits per heavy atom. The molecule has 3 aromatic rings. The van der Waals surface area contributed by atoms with Gasteiger partial charge in [0, 0.05) is 61.3 Å². The number of anilines is 3. The largest absolute Gasteiger partial charge is 0.489 e. The lowest BCUT2D eigenvalue weighted by Gasteiger charge is -2.34. The molecule has 1 amide bonds. The SMILES string of the molecule is CCCN1CCN(CCOc2ccc(Nc3nccc(N(Cc4cc(Cl)ccc4F)C(=O)O)n3)cc2F)CC1. The molecular formula is C27H31ClF2N6O3. The number of ether oxygens (including phenoxy) is 1. The Bertz CT molecular complexity index is 1280. The minimum atomic E-state index is -1.34. The molecule has 2 aromatic carbocycles. The van der Waals surface area contributed by atoms with Crippen molar-refractivity contribution in [1.82, 2.24) is 19.8 Å². The van der Waals surface area contributed by atoms with E-state index in [2.05, 4.69) is 32.0 Å². The van der Waals surface area contributed by atoms with Crippen LogP contribution in [0.4, 0.5) is 31.0 Å². The molecule has 0 atom stereocenters. The molecule has 2 N–H and O–H groups in total. The average Bonchev–Trinajstić information content (AvgIpc) is 2.91. The Hall–Kier alpha value is -3.54. The summed E-state index contributed by atoms with van der Waals surface area (Å²) in [4.78, 5) is 25.8. The van der Waals surface area contributed by atoms with Gasteiger partial charge in [-0.25, -0.2) is 18.6 Å². The zero-order chi connectivity index (χ0) is 27.8. The second-order valence-electron chi connectivity index (χ2n) is 9.14. The number of amides is 1. The molecule has 1 saturated heterocycles. The number of nitrogens with zero attached hydrogens (tertiary/aromatic N) is 5. The normalized spacial score (nSPS) is 14.3. The van der Waals surface area contributed by atoms with Crippen molar-refractivity contribution in [2.75, 3.05) is 56.1 Å². The summed E-state index contributed by atoms with van der Waals surface area (Å²) in [5.74, 6) is -0.950. The van der Waals surface area contributed by atoms with Crippen LogP contribution in [0.1, 0.15) is 18.9 Å². The van der Waals surface area contributed by atoms with Crippen molar-refractivity contribution in [3.8, 4) is 5.75 Å². The van der Waals surface area contributed by atoms with Crippen molar-refractivity contribution < 1.29 is 23.4 Å². The number of nitrogens with one attached hydrogen (secondary N) is 1. The van der Waals surface area contributed by atoms with Crippen LogP contribution in [0.2, 0.25) is 5.02 Å². The third kappa shape index (κ3) is 7.98. The summed E-state index contributed by atoms with van der Waals surface area (Å²) in [5.41, 5.74) is 0.446. The summed E-state index contributed by atoms with van der Waals surface area (Å²) in [6, 6.07) is 9.67. The number of rotatable bonds is 11. The Morgan fingerprint density at radius 1 is 1.08 bits per heavy atom. The molecule has 9 nitrogen and oxygen atoms in total. The van der Waals surface area contributed by atoms with E-state index in [1.54, 1.807) is 6.07 Å². The number of aromatic nitrogens is 2. The number of piperazine rings is 1. The number of hydrogen-bond donors (Lipinski definition) is 2. The van der Waals surface area contributed by atoms with Crippen LogP contribution >= 0.6 is 11.6 Å². The highest BCUT2D eigenvalue weighted by Gasteiger charge is 2.20. The van der Waals surface area contributed by atoms with Gasteiger partial charge in [-0.2, -0.15) is 4.98 Å². The highest BCUT2D eigenvalue weighted by Crippen LogP contribution is 2.25. The summed E-state index contributed by atoms with van der Waals surface area (Å²) in [5, 5.41) is 12.9. The molecule has 4 rings (SSSR count). The maximum atomic E-state index is 14.7. The molecule has 0 aliphatic carbocycles. The second-order valence-corrected chi connectivity index (χ2v) is 9.58. The monoisotopic (exact) mass is 560 g/mol. The van der Waals surface area contributed by atoms with Crippen LogP contribution in [-0.2, 0) is 6.54 Å². The van der Waals surface area contributed by atoms with Crippen LogP contribution in [0.15, 0.2) is 48.7 Å². The first-order valence-corrected chi connectivity index (χ1v) is 13.1. The van der Waals surface area contributed by atoms with Gasteiger partial charge in [-0.05, 0) is 49.4 Å². The molecule has 1 aromatic heterocycles. The Labute approximate surface area is 231 Å². The molecule has 0 radical (unpaired) electrons. The molecule has 1 aliphatic rings. The van der Waals surface area contributed by atoms with Crippen molar-refractivity contribution in [1.29, 1.82) is 0 Å². The van der Waals surface area contributed by atoms with Gasteiger partial charge >= 0.3 is 6.09 Å². The van der Waals surface area contributed by atoms with E-state index in [-0.39, 0.29) is 34.6 Å². The van der Waals surface area contributed by atoms with Gasteiger partial charge in [0.15, 0.2) is 11.6 Å². The van der Waals surface area contributed by atoms with Crippen molar-refractivity contribution in [2.45, 2.75) is 19.9 Å². The molecule has 0 saturated carbocycles. The van der Waals surface area contributed by atoms with Gasteiger partial charge in [-0.15, -0.1) is 0 Å². The summed E-state index contributed by atoms with van der Waals surface area (Å²) < 4.78 is 34.6. The molecule has 0 unspecified atom stereocenters. The van der Waals surface area contributed by atoms with Crippen LogP contribution in [0.5, 0.6) is 5.75 Å². The smallest absolute Gasteiger partial charge is 0.413 e. The third-order valence-corrected chi connectivity index (χ3v) is 6.58. The zero-order valence-electron chi connectivity index (χ0n) is 21.6. The zero-order valence-corrected chi connectivity index (χ0v) is 22.4. The van der Waals surface area contributed by atoms with Gasteiger partial charge < -0.3 is 20.1 Å². The highest BCUT2D eigenvalue weighted by molar-refractivity contribution is 6.30. The Kier molecular flexibility index (Phi) is 9.85.